The second kappa shape index (κ2) is 8.93. The van der Waals surface area contributed by atoms with Gasteiger partial charge in [0.2, 0.25) is 15.9 Å². The van der Waals surface area contributed by atoms with E-state index in [1.165, 1.54) is 15.6 Å². The SMILES string of the molecule is Cc1ccc(S(=O)(=O)N2CCN(C(=O)CC(NC(N)=O)c3cccs3)CC2)cc1. The molecule has 1 saturated heterocycles. The fraction of sp³-hybridized carbons (Fsp3) is 0.368. The van der Waals surface area contributed by atoms with Gasteiger partial charge in [0.1, 0.15) is 0 Å². The Labute approximate surface area is 174 Å². The molecule has 2 aromatic rings. The van der Waals surface area contributed by atoms with Crippen molar-refractivity contribution in [2.24, 2.45) is 5.73 Å². The number of hydrogen-bond donors (Lipinski definition) is 2. The number of sulfonamides is 1. The van der Waals surface area contributed by atoms with Crippen molar-refractivity contribution in [3.05, 3.63) is 52.2 Å². The van der Waals surface area contributed by atoms with E-state index in [2.05, 4.69) is 5.32 Å². The number of nitrogens with two attached hydrogens (primary N) is 1. The van der Waals surface area contributed by atoms with Crippen LogP contribution in [0.1, 0.15) is 22.9 Å². The first kappa shape index (κ1) is 21.3. The Morgan fingerprint density at radius 1 is 1.14 bits per heavy atom. The normalized spacial score (nSPS) is 16.4. The highest BCUT2D eigenvalue weighted by Gasteiger charge is 2.31. The van der Waals surface area contributed by atoms with Gasteiger partial charge >= 0.3 is 6.03 Å². The summed E-state index contributed by atoms with van der Waals surface area (Å²) in [5.74, 6) is -0.149. The summed E-state index contributed by atoms with van der Waals surface area (Å²) in [5, 5.41) is 4.47. The summed E-state index contributed by atoms with van der Waals surface area (Å²) in [6.45, 7) is 2.97. The molecule has 8 nitrogen and oxygen atoms in total. The molecule has 0 aliphatic carbocycles. The highest BCUT2D eigenvalue weighted by Crippen LogP contribution is 2.24. The molecule has 0 radical (unpaired) electrons. The first-order valence-electron chi connectivity index (χ1n) is 9.21. The predicted octanol–water partition coefficient (Wildman–Crippen LogP) is 1.69. The Bertz CT molecular complexity index is 951. The van der Waals surface area contributed by atoms with Gasteiger partial charge in [0.15, 0.2) is 0 Å². The number of nitrogens with zero attached hydrogens (tertiary/aromatic N) is 2. The van der Waals surface area contributed by atoms with E-state index in [-0.39, 0.29) is 30.3 Å². The number of aryl methyl sites for hydroxylation is 1. The smallest absolute Gasteiger partial charge is 0.312 e. The molecular weight excluding hydrogens is 412 g/mol. The van der Waals surface area contributed by atoms with E-state index < -0.39 is 22.1 Å². The van der Waals surface area contributed by atoms with Crippen LogP contribution in [0.15, 0.2) is 46.7 Å². The van der Waals surface area contributed by atoms with Crippen LogP contribution in [0.3, 0.4) is 0 Å². The van der Waals surface area contributed by atoms with Gasteiger partial charge in [0.05, 0.1) is 17.4 Å². The molecule has 1 aliphatic heterocycles. The van der Waals surface area contributed by atoms with Crippen LogP contribution in [-0.2, 0) is 14.8 Å². The number of amides is 3. The number of urea groups is 1. The Morgan fingerprint density at radius 2 is 1.79 bits per heavy atom. The number of hydrogen-bond acceptors (Lipinski definition) is 5. The largest absolute Gasteiger partial charge is 0.352 e. The number of thiophene rings is 1. The summed E-state index contributed by atoms with van der Waals surface area (Å²) >= 11 is 1.44. The second-order valence-electron chi connectivity index (χ2n) is 6.88. The molecule has 156 valence electrons. The lowest BCUT2D eigenvalue weighted by Crippen LogP contribution is -2.51. The van der Waals surface area contributed by atoms with E-state index in [1.807, 2.05) is 24.4 Å². The molecular formula is C19H24N4O4S2. The molecule has 1 fully saturated rings. The first-order valence-corrected chi connectivity index (χ1v) is 11.5. The maximum absolute atomic E-state index is 12.8. The molecule has 0 bridgehead atoms. The average molecular weight is 437 g/mol. The Kier molecular flexibility index (Phi) is 6.56. The van der Waals surface area contributed by atoms with Crippen LogP contribution in [0, 0.1) is 6.92 Å². The molecule has 3 amide bonds. The lowest BCUT2D eigenvalue weighted by atomic mass is 10.1. The summed E-state index contributed by atoms with van der Waals surface area (Å²) in [7, 11) is -3.58. The topological polar surface area (TPSA) is 113 Å². The van der Waals surface area contributed by atoms with Gasteiger partial charge in [-0.3, -0.25) is 4.79 Å². The van der Waals surface area contributed by atoms with Crippen LogP contribution < -0.4 is 11.1 Å². The molecule has 0 spiro atoms. The third-order valence-corrected chi connectivity index (χ3v) is 7.73. The summed E-state index contributed by atoms with van der Waals surface area (Å²) in [4.78, 5) is 26.7. The van der Waals surface area contributed by atoms with E-state index in [4.69, 9.17) is 5.73 Å². The maximum Gasteiger partial charge on any atom is 0.312 e. The van der Waals surface area contributed by atoms with Gasteiger partial charge < -0.3 is 16.0 Å². The molecule has 0 saturated carbocycles. The number of benzene rings is 1. The lowest BCUT2D eigenvalue weighted by molar-refractivity contribution is -0.132. The van der Waals surface area contributed by atoms with Gasteiger partial charge in [-0.2, -0.15) is 4.31 Å². The van der Waals surface area contributed by atoms with E-state index in [0.717, 1.165) is 10.4 Å². The highest BCUT2D eigenvalue weighted by atomic mass is 32.2. The van der Waals surface area contributed by atoms with Crippen LogP contribution in [0.2, 0.25) is 0 Å². The van der Waals surface area contributed by atoms with E-state index in [9.17, 15) is 18.0 Å². The van der Waals surface area contributed by atoms with E-state index >= 15 is 0 Å². The number of carbonyl (C=O) groups excluding carboxylic acids is 2. The third-order valence-electron chi connectivity index (χ3n) is 4.83. The first-order chi connectivity index (χ1) is 13.8. The van der Waals surface area contributed by atoms with Gasteiger partial charge in [-0.25, -0.2) is 13.2 Å². The summed E-state index contributed by atoms with van der Waals surface area (Å²) in [6.07, 6.45) is 0.0775. The molecule has 1 unspecified atom stereocenters. The van der Waals surface area contributed by atoms with Gasteiger partial charge in [0.25, 0.3) is 0 Å². The number of rotatable bonds is 6. The molecule has 3 N–H and O–H groups in total. The van der Waals surface area contributed by atoms with Crippen molar-refractivity contribution < 1.29 is 18.0 Å². The standard InChI is InChI=1S/C19H24N4O4S2/c1-14-4-6-15(7-5-14)29(26,27)23-10-8-22(9-11-23)18(24)13-16(21-19(20)25)17-3-2-12-28-17/h2-7,12,16H,8-11,13H2,1H3,(H3,20,21,25). The predicted molar refractivity (Wildman–Crippen MR) is 111 cm³/mol. The Balaban J connectivity index is 1.61. The molecule has 2 heterocycles. The number of carbonyl (C=O) groups is 2. The van der Waals surface area contributed by atoms with Gasteiger partial charge in [0, 0.05) is 31.1 Å². The van der Waals surface area contributed by atoms with Crippen LogP contribution in [0.5, 0.6) is 0 Å². The molecule has 1 aromatic carbocycles. The fourth-order valence-corrected chi connectivity index (χ4v) is 5.43. The van der Waals surface area contributed by atoms with Crippen LogP contribution >= 0.6 is 11.3 Å². The van der Waals surface area contributed by atoms with Crippen molar-refractivity contribution in [3.8, 4) is 0 Å². The third kappa shape index (κ3) is 5.14. The Hall–Kier alpha value is -2.43. The number of primary amides is 1. The molecule has 1 aromatic heterocycles. The van der Waals surface area contributed by atoms with Crippen molar-refractivity contribution in [1.82, 2.24) is 14.5 Å². The fourth-order valence-electron chi connectivity index (χ4n) is 3.22. The van der Waals surface area contributed by atoms with Crippen molar-refractivity contribution in [2.75, 3.05) is 26.2 Å². The quantitative estimate of drug-likeness (QED) is 0.717. The maximum atomic E-state index is 12.8. The van der Waals surface area contributed by atoms with E-state index in [0.29, 0.717) is 13.1 Å². The second-order valence-corrected chi connectivity index (χ2v) is 9.80. The van der Waals surface area contributed by atoms with Crippen molar-refractivity contribution in [1.29, 1.82) is 0 Å². The van der Waals surface area contributed by atoms with Crippen molar-refractivity contribution in [3.63, 3.8) is 0 Å². The summed E-state index contributed by atoms with van der Waals surface area (Å²) in [5.41, 5.74) is 6.23. The highest BCUT2D eigenvalue weighted by molar-refractivity contribution is 7.89. The molecule has 10 heteroatoms. The summed E-state index contributed by atoms with van der Waals surface area (Å²) < 4.78 is 27.0. The van der Waals surface area contributed by atoms with Crippen LogP contribution in [0.25, 0.3) is 0 Å². The minimum Gasteiger partial charge on any atom is -0.352 e. The molecule has 3 rings (SSSR count). The van der Waals surface area contributed by atoms with Crippen molar-refractivity contribution in [2.45, 2.75) is 24.3 Å². The average Bonchev–Trinajstić information content (AvgIpc) is 3.22. The van der Waals surface area contributed by atoms with Crippen LogP contribution in [-0.4, -0.2) is 55.7 Å². The molecule has 1 atom stereocenters. The summed E-state index contributed by atoms with van der Waals surface area (Å²) in [6, 6.07) is 9.23. The van der Waals surface area contributed by atoms with Gasteiger partial charge in [-0.15, -0.1) is 11.3 Å². The number of nitrogens with one attached hydrogen (secondary N) is 1. The monoisotopic (exact) mass is 436 g/mol. The van der Waals surface area contributed by atoms with Gasteiger partial charge in [-0.1, -0.05) is 23.8 Å². The molecule has 29 heavy (non-hydrogen) atoms. The number of piperazine rings is 1. The minimum atomic E-state index is -3.58. The molecule has 1 aliphatic rings. The van der Waals surface area contributed by atoms with Crippen molar-refractivity contribution >= 4 is 33.3 Å². The zero-order valence-corrected chi connectivity index (χ0v) is 17.7. The minimum absolute atomic E-state index is 0.0775. The Morgan fingerprint density at radius 3 is 2.34 bits per heavy atom. The van der Waals surface area contributed by atoms with Gasteiger partial charge in [-0.05, 0) is 30.5 Å². The van der Waals surface area contributed by atoms with Crippen LogP contribution in [0.4, 0.5) is 4.79 Å². The lowest BCUT2D eigenvalue weighted by Gasteiger charge is -2.34. The zero-order valence-electron chi connectivity index (χ0n) is 16.1. The zero-order chi connectivity index (χ0) is 21.0. The van der Waals surface area contributed by atoms with E-state index in [1.54, 1.807) is 29.2 Å².